The van der Waals surface area contributed by atoms with Gasteiger partial charge in [-0.15, -0.1) is 0 Å². The van der Waals surface area contributed by atoms with Crippen LogP contribution in [0.5, 0.6) is 0 Å². The van der Waals surface area contributed by atoms with E-state index < -0.39 is 0 Å². The van der Waals surface area contributed by atoms with E-state index in [2.05, 4.69) is 42.8 Å². The number of amides is 2. The Labute approximate surface area is 184 Å². The first-order chi connectivity index (χ1) is 15.0. The number of piperidine rings is 1. The van der Waals surface area contributed by atoms with Gasteiger partial charge in [-0.05, 0) is 25.8 Å². The highest BCUT2D eigenvalue weighted by Crippen LogP contribution is 2.36. The van der Waals surface area contributed by atoms with Crippen LogP contribution in [0.15, 0.2) is 30.7 Å². The van der Waals surface area contributed by atoms with E-state index in [4.69, 9.17) is 14.5 Å². The lowest BCUT2D eigenvalue weighted by molar-refractivity contribution is 0.0398. The van der Waals surface area contributed by atoms with Crippen LogP contribution in [0.1, 0.15) is 40.6 Å². The molecule has 2 saturated heterocycles. The topological polar surface area (TPSA) is 59.8 Å². The van der Waals surface area contributed by atoms with Gasteiger partial charge in [-0.25, -0.2) is 9.78 Å². The average Bonchev–Trinajstić information content (AvgIpc) is 3.26. The van der Waals surface area contributed by atoms with E-state index in [1.54, 1.807) is 7.11 Å². The van der Waals surface area contributed by atoms with Crippen molar-refractivity contribution in [3.8, 4) is 0 Å². The van der Waals surface area contributed by atoms with Crippen molar-refractivity contribution in [2.45, 2.75) is 38.6 Å². The van der Waals surface area contributed by atoms with Crippen LogP contribution in [0, 0.1) is 13.8 Å². The molecule has 0 N–H and O–H groups in total. The molecule has 3 heterocycles. The molecule has 0 radical (unpaired) electrons. The molecule has 2 unspecified atom stereocenters. The lowest BCUT2D eigenvalue weighted by Gasteiger charge is -2.41. The molecule has 168 valence electrons. The van der Waals surface area contributed by atoms with E-state index in [0.29, 0.717) is 45.4 Å². The minimum absolute atomic E-state index is 0.126. The van der Waals surface area contributed by atoms with E-state index in [1.165, 1.54) is 16.7 Å². The van der Waals surface area contributed by atoms with Crippen LogP contribution < -0.4 is 0 Å². The molecule has 7 nitrogen and oxygen atoms in total. The monoisotopic (exact) mass is 426 g/mol. The van der Waals surface area contributed by atoms with Crippen LogP contribution in [0.4, 0.5) is 4.79 Å². The van der Waals surface area contributed by atoms with Gasteiger partial charge < -0.3 is 23.8 Å². The number of carbonyl (C=O) groups is 1. The van der Waals surface area contributed by atoms with Gasteiger partial charge in [0.15, 0.2) is 0 Å². The van der Waals surface area contributed by atoms with E-state index in [1.807, 2.05) is 16.1 Å². The lowest BCUT2D eigenvalue weighted by Crippen LogP contribution is -2.52. The number of carbonyl (C=O) groups excluding carboxylic acids is 1. The molecule has 1 aromatic carbocycles. The molecule has 0 aliphatic carbocycles. The van der Waals surface area contributed by atoms with Gasteiger partial charge in [-0.1, -0.05) is 29.3 Å². The summed E-state index contributed by atoms with van der Waals surface area (Å²) in [5.41, 5.74) is 4.92. The van der Waals surface area contributed by atoms with Gasteiger partial charge in [-0.2, -0.15) is 0 Å². The first-order valence-corrected chi connectivity index (χ1v) is 11.2. The highest BCUT2D eigenvalue weighted by Gasteiger charge is 2.35. The number of aromatic nitrogens is 2. The van der Waals surface area contributed by atoms with Gasteiger partial charge in [-0.3, -0.25) is 0 Å². The first-order valence-electron chi connectivity index (χ1n) is 11.2. The van der Waals surface area contributed by atoms with Gasteiger partial charge in [0.1, 0.15) is 0 Å². The van der Waals surface area contributed by atoms with Crippen molar-refractivity contribution in [2.75, 3.05) is 53.1 Å². The Morgan fingerprint density at radius 3 is 2.52 bits per heavy atom. The van der Waals surface area contributed by atoms with Gasteiger partial charge in [0.05, 0.1) is 31.8 Å². The highest BCUT2D eigenvalue weighted by atomic mass is 16.5. The summed E-state index contributed by atoms with van der Waals surface area (Å²) in [6.07, 6.45) is 4.99. The quantitative estimate of drug-likeness (QED) is 0.737. The smallest absolute Gasteiger partial charge is 0.320 e. The molecule has 2 atom stereocenters. The van der Waals surface area contributed by atoms with Crippen molar-refractivity contribution >= 4 is 6.03 Å². The maximum absolute atomic E-state index is 13.3. The zero-order chi connectivity index (χ0) is 21.8. The van der Waals surface area contributed by atoms with Crippen LogP contribution >= 0.6 is 0 Å². The Bertz CT molecular complexity index is 870. The number of benzene rings is 1. The first kappa shape index (κ1) is 21.8. The van der Waals surface area contributed by atoms with Crippen molar-refractivity contribution in [1.82, 2.24) is 19.4 Å². The van der Waals surface area contributed by atoms with Crippen molar-refractivity contribution in [3.63, 3.8) is 0 Å². The standard InChI is InChI=1S/C24H34N4O3/c1-18-10-19(2)12-20(11-18)21-13-22(23-16-26(17-25-23)4-7-30-3)15-28(14-21)24(29)27-5-8-31-9-6-27/h10-12,16-17,21-22H,4-9,13-15H2,1-3H3. The summed E-state index contributed by atoms with van der Waals surface area (Å²) >= 11 is 0. The molecule has 2 aromatic rings. The summed E-state index contributed by atoms with van der Waals surface area (Å²) < 4.78 is 12.7. The Morgan fingerprint density at radius 1 is 1.10 bits per heavy atom. The summed E-state index contributed by atoms with van der Waals surface area (Å²) in [5, 5.41) is 0. The highest BCUT2D eigenvalue weighted by molar-refractivity contribution is 5.75. The predicted molar refractivity (Wildman–Crippen MR) is 119 cm³/mol. The number of methoxy groups -OCH3 is 1. The average molecular weight is 427 g/mol. The molecule has 2 fully saturated rings. The number of hydrogen-bond donors (Lipinski definition) is 0. The number of likely N-dealkylation sites (tertiary alicyclic amines) is 1. The van der Waals surface area contributed by atoms with Gasteiger partial charge in [0.25, 0.3) is 0 Å². The number of rotatable bonds is 5. The van der Waals surface area contributed by atoms with Crippen molar-refractivity contribution in [2.24, 2.45) is 0 Å². The number of aryl methyl sites for hydroxylation is 2. The summed E-state index contributed by atoms with van der Waals surface area (Å²) in [7, 11) is 1.71. The molecule has 1 aromatic heterocycles. The molecule has 2 aliphatic heterocycles. The lowest BCUT2D eigenvalue weighted by atomic mass is 9.82. The zero-order valence-corrected chi connectivity index (χ0v) is 18.9. The fourth-order valence-electron chi connectivity index (χ4n) is 4.82. The Morgan fingerprint density at radius 2 is 1.81 bits per heavy atom. The molecule has 0 saturated carbocycles. The van der Waals surface area contributed by atoms with Crippen LogP contribution in [0.2, 0.25) is 0 Å². The van der Waals surface area contributed by atoms with Crippen LogP contribution in [-0.4, -0.2) is 78.5 Å². The number of imidazole rings is 1. The summed E-state index contributed by atoms with van der Waals surface area (Å²) in [5.74, 6) is 0.514. The predicted octanol–water partition coefficient (Wildman–Crippen LogP) is 3.17. The Balaban J connectivity index is 1.58. The van der Waals surface area contributed by atoms with Crippen molar-refractivity contribution in [1.29, 1.82) is 0 Å². The SMILES string of the molecule is COCCn1cnc(C2CC(c3cc(C)cc(C)c3)CN(C(=O)N3CCOCC3)C2)c1. The number of urea groups is 1. The second-order valence-corrected chi connectivity index (χ2v) is 8.87. The fourth-order valence-corrected chi connectivity index (χ4v) is 4.82. The van der Waals surface area contributed by atoms with E-state index >= 15 is 0 Å². The van der Waals surface area contributed by atoms with E-state index in [9.17, 15) is 4.79 Å². The molecule has 2 amide bonds. The molecule has 4 rings (SSSR count). The molecule has 0 bridgehead atoms. The number of morpholine rings is 1. The maximum Gasteiger partial charge on any atom is 0.320 e. The molecular weight excluding hydrogens is 392 g/mol. The van der Waals surface area contributed by atoms with Crippen molar-refractivity contribution < 1.29 is 14.3 Å². The Hall–Kier alpha value is -2.38. The van der Waals surface area contributed by atoms with E-state index in [-0.39, 0.29) is 11.9 Å². The molecule has 31 heavy (non-hydrogen) atoms. The third-order valence-electron chi connectivity index (χ3n) is 6.34. The molecule has 0 spiro atoms. The molecule has 2 aliphatic rings. The number of ether oxygens (including phenoxy) is 2. The van der Waals surface area contributed by atoms with Crippen LogP contribution in [0.3, 0.4) is 0 Å². The van der Waals surface area contributed by atoms with Crippen LogP contribution in [-0.2, 0) is 16.0 Å². The zero-order valence-electron chi connectivity index (χ0n) is 18.9. The third kappa shape index (κ3) is 5.28. The summed E-state index contributed by atoms with van der Waals surface area (Å²) in [6, 6.07) is 6.88. The van der Waals surface area contributed by atoms with Gasteiger partial charge in [0.2, 0.25) is 0 Å². The maximum atomic E-state index is 13.3. The Kier molecular flexibility index (Phi) is 6.92. The fraction of sp³-hybridized carbons (Fsp3) is 0.583. The molecular formula is C24H34N4O3. The van der Waals surface area contributed by atoms with Crippen molar-refractivity contribution in [3.05, 3.63) is 53.1 Å². The minimum Gasteiger partial charge on any atom is -0.383 e. The second kappa shape index (κ2) is 9.83. The third-order valence-corrected chi connectivity index (χ3v) is 6.34. The van der Waals surface area contributed by atoms with E-state index in [0.717, 1.165) is 25.2 Å². The minimum atomic E-state index is 0.126. The number of hydrogen-bond acceptors (Lipinski definition) is 4. The summed E-state index contributed by atoms with van der Waals surface area (Å²) in [4.78, 5) is 22.0. The van der Waals surface area contributed by atoms with Gasteiger partial charge in [0, 0.05) is 57.9 Å². The number of nitrogens with zero attached hydrogens (tertiary/aromatic N) is 4. The largest absolute Gasteiger partial charge is 0.383 e. The summed E-state index contributed by atoms with van der Waals surface area (Å²) in [6.45, 7) is 9.76. The van der Waals surface area contributed by atoms with Crippen LogP contribution in [0.25, 0.3) is 0 Å². The van der Waals surface area contributed by atoms with Gasteiger partial charge >= 0.3 is 6.03 Å². The second-order valence-electron chi connectivity index (χ2n) is 8.87. The normalized spacial score (nSPS) is 22.0. The molecule has 7 heteroatoms.